The number of hydrogen-bond donors (Lipinski definition) is 1. The van der Waals surface area contributed by atoms with E-state index in [0.717, 1.165) is 5.56 Å². The topological polar surface area (TPSA) is 90.0 Å². The number of sulfonamides is 1. The largest absolute Gasteiger partial charge is 0.419 e. The molecule has 1 N–H and O–H groups in total. The van der Waals surface area contributed by atoms with Crippen molar-refractivity contribution in [3.63, 3.8) is 0 Å². The number of aryl methyl sites for hydroxylation is 2. The molecular weight excluding hydrogens is 352 g/mol. The molecule has 138 valence electrons. The van der Waals surface area contributed by atoms with Gasteiger partial charge in [0.2, 0.25) is 5.89 Å². The molecule has 26 heavy (non-hydrogen) atoms. The van der Waals surface area contributed by atoms with Crippen molar-refractivity contribution in [3.05, 3.63) is 47.0 Å². The normalized spacial score (nSPS) is 11.7. The molecule has 3 rings (SSSR count). The van der Waals surface area contributed by atoms with Crippen molar-refractivity contribution in [2.75, 3.05) is 4.72 Å². The molecule has 0 aliphatic heterocycles. The van der Waals surface area contributed by atoms with E-state index in [0.29, 0.717) is 40.8 Å². The van der Waals surface area contributed by atoms with Crippen LogP contribution in [0.1, 0.15) is 29.6 Å². The lowest BCUT2D eigenvalue weighted by Crippen LogP contribution is -2.14. The third-order valence-electron chi connectivity index (χ3n) is 4.41. The molecule has 0 saturated heterocycles. The van der Waals surface area contributed by atoms with Gasteiger partial charge in [0.25, 0.3) is 15.9 Å². The minimum Gasteiger partial charge on any atom is -0.419 e. The van der Waals surface area contributed by atoms with Crippen LogP contribution in [-0.4, -0.2) is 23.2 Å². The van der Waals surface area contributed by atoms with Gasteiger partial charge in [0.1, 0.15) is 10.6 Å². The van der Waals surface area contributed by atoms with Gasteiger partial charge in [-0.3, -0.25) is 4.72 Å². The van der Waals surface area contributed by atoms with E-state index in [9.17, 15) is 8.42 Å². The van der Waals surface area contributed by atoms with Crippen molar-refractivity contribution in [1.82, 2.24) is 14.8 Å². The number of anilines is 1. The molecule has 2 aromatic heterocycles. The molecule has 0 aliphatic carbocycles. The maximum atomic E-state index is 13.0. The fourth-order valence-corrected chi connectivity index (χ4v) is 4.54. The number of nitrogens with one attached hydrogen (secondary N) is 1. The van der Waals surface area contributed by atoms with Gasteiger partial charge in [0.15, 0.2) is 0 Å². The van der Waals surface area contributed by atoms with Crippen LogP contribution in [0.2, 0.25) is 0 Å². The van der Waals surface area contributed by atoms with E-state index in [1.807, 2.05) is 26.0 Å². The van der Waals surface area contributed by atoms with Gasteiger partial charge in [-0.2, -0.15) is 0 Å². The third-order valence-corrected chi connectivity index (χ3v) is 6.05. The first kappa shape index (κ1) is 18.2. The van der Waals surface area contributed by atoms with Crippen LogP contribution in [0.15, 0.2) is 33.6 Å². The van der Waals surface area contributed by atoms with Crippen molar-refractivity contribution >= 4 is 15.7 Å². The minimum absolute atomic E-state index is 0.229. The van der Waals surface area contributed by atoms with Crippen LogP contribution in [-0.2, 0) is 23.5 Å². The molecule has 8 heteroatoms. The zero-order valence-corrected chi connectivity index (χ0v) is 16.3. The number of hydrogen-bond acceptors (Lipinski definition) is 5. The number of aromatic nitrogens is 3. The lowest BCUT2D eigenvalue weighted by atomic mass is 10.2. The fourth-order valence-electron chi connectivity index (χ4n) is 2.97. The Kier molecular flexibility index (Phi) is 4.62. The van der Waals surface area contributed by atoms with Crippen LogP contribution >= 0.6 is 0 Å². The molecule has 7 nitrogen and oxygen atoms in total. The maximum absolute atomic E-state index is 13.0. The van der Waals surface area contributed by atoms with E-state index in [1.165, 1.54) is 0 Å². The molecule has 0 spiro atoms. The van der Waals surface area contributed by atoms with E-state index in [2.05, 4.69) is 14.9 Å². The summed E-state index contributed by atoms with van der Waals surface area (Å²) in [4.78, 5) is 0.229. The van der Waals surface area contributed by atoms with E-state index in [4.69, 9.17) is 4.42 Å². The molecule has 0 saturated carbocycles. The molecule has 1 aromatic carbocycles. The first-order valence-corrected chi connectivity index (χ1v) is 9.81. The molecule has 0 unspecified atom stereocenters. The lowest BCUT2D eigenvalue weighted by molar-refractivity contribution is 0.508. The van der Waals surface area contributed by atoms with Gasteiger partial charge >= 0.3 is 0 Å². The molecule has 0 amide bonds. The van der Waals surface area contributed by atoms with E-state index < -0.39 is 10.0 Å². The van der Waals surface area contributed by atoms with E-state index in [-0.39, 0.29) is 4.90 Å². The van der Waals surface area contributed by atoms with Crippen molar-refractivity contribution < 1.29 is 12.8 Å². The SMILES string of the molecule is CCc1nnc(-c2c(C)c(S(=O)(=O)Nc3ccc(C)cc3)c(C)n2C)o1. The Morgan fingerprint density at radius 2 is 1.77 bits per heavy atom. The highest BCUT2D eigenvalue weighted by atomic mass is 32.2. The first-order chi connectivity index (χ1) is 12.2. The Morgan fingerprint density at radius 3 is 2.35 bits per heavy atom. The minimum atomic E-state index is -3.76. The summed E-state index contributed by atoms with van der Waals surface area (Å²) in [6.45, 7) is 7.38. The number of nitrogens with zero attached hydrogens (tertiary/aromatic N) is 3. The highest BCUT2D eigenvalue weighted by Gasteiger charge is 2.28. The highest BCUT2D eigenvalue weighted by Crippen LogP contribution is 2.33. The molecule has 0 bridgehead atoms. The molecule has 0 atom stereocenters. The Balaban J connectivity index is 2.07. The first-order valence-electron chi connectivity index (χ1n) is 8.32. The second-order valence-electron chi connectivity index (χ2n) is 6.27. The summed E-state index contributed by atoms with van der Waals surface area (Å²) in [7, 11) is -1.97. The predicted octanol–water partition coefficient (Wildman–Crippen LogP) is 3.36. The standard InChI is InChI=1S/C18H22N4O3S/c1-6-15-19-20-18(25-15)16-12(3)17(13(4)22(16)5)26(23,24)21-14-9-7-11(2)8-10-14/h7-10,21H,6H2,1-5H3. The van der Waals surface area contributed by atoms with Crippen LogP contribution in [0, 0.1) is 20.8 Å². The van der Waals surface area contributed by atoms with Gasteiger partial charge in [0, 0.05) is 30.4 Å². The Bertz CT molecular complexity index is 1050. The quantitative estimate of drug-likeness (QED) is 0.739. The highest BCUT2D eigenvalue weighted by molar-refractivity contribution is 7.92. The van der Waals surface area contributed by atoms with Crippen LogP contribution in [0.25, 0.3) is 11.6 Å². The summed E-state index contributed by atoms with van der Waals surface area (Å²) in [6, 6.07) is 7.21. The summed E-state index contributed by atoms with van der Waals surface area (Å²) in [5, 5.41) is 8.03. The van der Waals surface area contributed by atoms with Gasteiger partial charge < -0.3 is 8.98 Å². The van der Waals surface area contributed by atoms with Crippen LogP contribution in [0.3, 0.4) is 0 Å². The zero-order valence-electron chi connectivity index (χ0n) is 15.5. The smallest absolute Gasteiger partial charge is 0.264 e. The molecule has 3 aromatic rings. The summed E-state index contributed by atoms with van der Waals surface area (Å²) in [5.74, 6) is 0.835. The molecule has 2 heterocycles. The number of rotatable bonds is 5. The number of benzene rings is 1. The van der Waals surface area contributed by atoms with Gasteiger partial charge in [-0.05, 0) is 32.9 Å². The Labute approximate surface area is 153 Å². The van der Waals surface area contributed by atoms with E-state index in [1.54, 1.807) is 37.6 Å². The van der Waals surface area contributed by atoms with Gasteiger partial charge in [-0.15, -0.1) is 10.2 Å². The molecule has 0 radical (unpaired) electrons. The summed E-state index contributed by atoms with van der Waals surface area (Å²) in [5.41, 5.74) is 3.37. The summed E-state index contributed by atoms with van der Waals surface area (Å²) >= 11 is 0. The maximum Gasteiger partial charge on any atom is 0.264 e. The molecular formula is C18H22N4O3S. The second-order valence-corrected chi connectivity index (χ2v) is 7.89. The van der Waals surface area contributed by atoms with Crippen molar-refractivity contribution in [2.45, 2.75) is 39.0 Å². The van der Waals surface area contributed by atoms with Crippen molar-refractivity contribution in [3.8, 4) is 11.6 Å². The average Bonchev–Trinajstić information content (AvgIpc) is 3.13. The van der Waals surface area contributed by atoms with Gasteiger partial charge in [-0.1, -0.05) is 24.6 Å². The Morgan fingerprint density at radius 1 is 1.12 bits per heavy atom. The van der Waals surface area contributed by atoms with Gasteiger partial charge in [-0.25, -0.2) is 8.42 Å². The zero-order chi connectivity index (χ0) is 19.1. The van der Waals surface area contributed by atoms with Gasteiger partial charge in [0.05, 0.1) is 0 Å². The molecule has 0 fully saturated rings. The third kappa shape index (κ3) is 3.12. The summed E-state index contributed by atoms with van der Waals surface area (Å²) in [6.07, 6.45) is 0.621. The monoisotopic (exact) mass is 374 g/mol. The van der Waals surface area contributed by atoms with Crippen molar-refractivity contribution in [1.29, 1.82) is 0 Å². The Hall–Kier alpha value is -2.61. The lowest BCUT2D eigenvalue weighted by Gasteiger charge is -2.09. The summed E-state index contributed by atoms with van der Waals surface area (Å²) < 4.78 is 36.0. The average molecular weight is 374 g/mol. The van der Waals surface area contributed by atoms with Crippen molar-refractivity contribution in [2.24, 2.45) is 7.05 Å². The predicted molar refractivity (Wildman–Crippen MR) is 99.5 cm³/mol. The van der Waals surface area contributed by atoms with Crippen LogP contribution in [0.4, 0.5) is 5.69 Å². The second kappa shape index (κ2) is 6.60. The van der Waals surface area contributed by atoms with Crippen LogP contribution in [0.5, 0.6) is 0 Å². The van der Waals surface area contributed by atoms with E-state index >= 15 is 0 Å². The molecule has 0 aliphatic rings. The fraction of sp³-hybridized carbons (Fsp3) is 0.333. The van der Waals surface area contributed by atoms with Crippen LogP contribution < -0.4 is 4.72 Å².